The lowest BCUT2D eigenvalue weighted by molar-refractivity contribution is 0.0950. The smallest absolute Gasteiger partial charge is 0.273 e. The van der Waals surface area contributed by atoms with Crippen LogP contribution in [0.1, 0.15) is 10.5 Å². The van der Waals surface area contributed by atoms with E-state index in [-0.39, 0.29) is 24.0 Å². The third-order valence-electron chi connectivity index (χ3n) is 2.25. The molecule has 6 heteroatoms. The fourth-order valence-corrected chi connectivity index (χ4v) is 1.47. The maximum Gasteiger partial charge on any atom is 0.273 e. The van der Waals surface area contributed by atoms with Gasteiger partial charge < -0.3 is 15.5 Å². The molecule has 0 spiro atoms. The van der Waals surface area contributed by atoms with Crippen LogP contribution in [0.25, 0.3) is 11.3 Å². The second-order valence-electron chi connectivity index (χ2n) is 3.44. The lowest BCUT2D eigenvalue weighted by atomic mass is 10.1. The molecular weight excluding hydrogens is 254 g/mol. The van der Waals surface area contributed by atoms with Crippen molar-refractivity contribution >= 4 is 18.3 Å². The van der Waals surface area contributed by atoms with E-state index < -0.39 is 0 Å². The first kappa shape index (κ1) is 14.2. The number of rotatable bonds is 4. The average molecular weight is 268 g/mol. The summed E-state index contributed by atoms with van der Waals surface area (Å²) < 4.78 is 5.25. The van der Waals surface area contributed by atoms with E-state index in [2.05, 4.69) is 10.3 Å². The molecule has 18 heavy (non-hydrogen) atoms. The van der Waals surface area contributed by atoms with Gasteiger partial charge in [-0.1, -0.05) is 30.3 Å². The second kappa shape index (κ2) is 6.78. The molecule has 0 aliphatic heterocycles. The van der Waals surface area contributed by atoms with Crippen LogP contribution in [0, 0.1) is 0 Å². The van der Waals surface area contributed by atoms with E-state index in [9.17, 15) is 4.79 Å². The quantitative estimate of drug-likeness (QED) is 0.879. The molecule has 0 aliphatic carbocycles. The van der Waals surface area contributed by atoms with E-state index in [1.807, 2.05) is 30.3 Å². The molecule has 0 saturated heterocycles. The molecule has 0 unspecified atom stereocenters. The molecule has 0 fully saturated rings. The maximum absolute atomic E-state index is 11.8. The SMILES string of the molecule is Cl.NCCNC(=O)c1ncoc1-c1ccccc1. The first-order valence-corrected chi connectivity index (χ1v) is 5.30. The van der Waals surface area contributed by atoms with Crippen molar-refractivity contribution in [2.24, 2.45) is 5.73 Å². The Balaban J connectivity index is 0.00000162. The van der Waals surface area contributed by atoms with Crippen LogP contribution in [-0.4, -0.2) is 24.0 Å². The molecular formula is C12H14ClN3O2. The fraction of sp³-hybridized carbons (Fsp3) is 0.167. The van der Waals surface area contributed by atoms with E-state index in [4.69, 9.17) is 10.2 Å². The maximum atomic E-state index is 11.8. The zero-order valence-corrected chi connectivity index (χ0v) is 10.4. The standard InChI is InChI=1S/C12H13N3O2.ClH/c13-6-7-14-12(16)10-11(17-8-15-10)9-4-2-1-3-5-9;/h1-5,8H,6-7,13H2,(H,14,16);1H. The zero-order valence-electron chi connectivity index (χ0n) is 9.63. The number of nitrogens with two attached hydrogens (primary N) is 1. The van der Waals surface area contributed by atoms with Crippen LogP contribution < -0.4 is 11.1 Å². The van der Waals surface area contributed by atoms with Gasteiger partial charge in [-0.25, -0.2) is 4.98 Å². The Morgan fingerprint density at radius 1 is 1.33 bits per heavy atom. The largest absolute Gasteiger partial charge is 0.443 e. The monoisotopic (exact) mass is 267 g/mol. The van der Waals surface area contributed by atoms with Gasteiger partial charge in [-0.3, -0.25) is 4.79 Å². The van der Waals surface area contributed by atoms with E-state index >= 15 is 0 Å². The van der Waals surface area contributed by atoms with Gasteiger partial charge >= 0.3 is 0 Å². The number of oxazole rings is 1. The van der Waals surface area contributed by atoms with E-state index in [0.717, 1.165) is 5.56 Å². The number of hydrogen-bond acceptors (Lipinski definition) is 4. The number of amides is 1. The molecule has 5 nitrogen and oxygen atoms in total. The van der Waals surface area contributed by atoms with Crippen LogP contribution in [-0.2, 0) is 0 Å². The summed E-state index contributed by atoms with van der Waals surface area (Å²) >= 11 is 0. The summed E-state index contributed by atoms with van der Waals surface area (Å²) in [7, 11) is 0. The Labute approximate surface area is 111 Å². The van der Waals surface area contributed by atoms with Gasteiger partial charge in [0.2, 0.25) is 0 Å². The highest BCUT2D eigenvalue weighted by atomic mass is 35.5. The minimum Gasteiger partial charge on any atom is -0.443 e. The highest BCUT2D eigenvalue weighted by Gasteiger charge is 2.17. The molecule has 0 atom stereocenters. The number of nitrogens with one attached hydrogen (secondary N) is 1. The highest BCUT2D eigenvalue weighted by molar-refractivity contribution is 5.97. The first-order valence-electron chi connectivity index (χ1n) is 5.30. The lowest BCUT2D eigenvalue weighted by Crippen LogP contribution is -2.29. The Morgan fingerprint density at radius 2 is 2.06 bits per heavy atom. The third-order valence-corrected chi connectivity index (χ3v) is 2.25. The Morgan fingerprint density at radius 3 is 2.72 bits per heavy atom. The zero-order chi connectivity index (χ0) is 12.1. The van der Waals surface area contributed by atoms with Gasteiger partial charge in [0.05, 0.1) is 0 Å². The summed E-state index contributed by atoms with van der Waals surface area (Å²) in [6.07, 6.45) is 1.26. The molecule has 0 radical (unpaired) electrons. The van der Waals surface area contributed by atoms with Crippen LogP contribution in [0.5, 0.6) is 0 Å². The number of carbonyl (C=O) groups excluding carboxylic acids is 1. The molecule has 0 aliphatic rings. The predicted molar refractivity (Wildman–Crippen MR) is 70.6 cm³/mol. The molecule has 0 saturated carbocycles. The normalized spacial score (nSPS) is 9.61. The summed E-state index contributed by atoms with van der Waals surface area (Å²) in [6.45, 7) is 0.810. The van der Waals surface area contributed by atoms with Gasteiger partial charge in [-0.15, -0.1) is 12.4 Å². The molecule has 1 amide bonds. The van der Waals surface area contributed by atoms with Crippen molar-refractivity contribution in [1.29, 1.82) is 0 Å². The van der Waals surface area contributed by atoms with Gasteiger partial charge in [0.15, 0.2) is 17.8 Å². The van der Waals surface area contributed by atoms with Gasteiger partial charge in [0.1, 0.15) is 0 Å². The van der Waals surface area contributed by atoms with Crippen LogP contribution >= 0.6 is 12.4 Å². The van der Waals surface area contributed by atoms with E-state index in [0.29, 0.717) is 18.8 Å². The number of hydrogen-bond donors (Lipinski definition) is 2. The number of benzene rings is 1. The predicted octanol–water partition coefficient (Wildman–Crippen LogP) is 1.45. The number of carbonyl (C=O) groups is 1. The summed E-state index contributed by atoms with van der Waals surface area (Å²) in [6, 6.07) is 9.37. The lowest BCUT2D eigenvalue weighted by Gasteiger charge is -2.02. The van der Waals surface area contributed by atoms with Gasteiger partial charge in [0, 0.05) is 18.7 Å². The van der Waals surface area contributed by atoms with Crippen molar-refractivity contribution in [2.45, 2.75) is 0 Å². The summed E-state index contributed by atoms with van der Waals surface area (Å²) in [4.78, 5) is 15.7. The van der Waals surface area contributed by atoms with Crippen molar-refractivity contribution in [2.75, 3.05) is 13.1 Å². The molecule has 1 aromatic heterocycles. The van der Waals surface area contributed by atoms with Crippen LogP contribution in [0.3, 0.4) is 0 Å². The molecule has 3 N–H and O–H groups in total. The van der Waals surface area contributed by atoms with E-state index in [1.54, 1.807) is 0 Å². The molecule has 2 rings (SSSR count). The topological polar surface area (TPSA) is 81.1 Å². The van der Waals surface area contributed by atoms with Crippen LogP contribution in [0.15, 0.2) is 41.1 Å². The average Bonchev–Trinajstić information content (AvgIpc) is 2.86. The molecule has 1 aromatic carbocycles. The number of aromatic nitrogens is 1. The van der Waals surface area contributed by atoms with Gasteiger partial charge in [0.25, 0.3) is 5.91 Å². The summed E-state index contributed by atoms with van der Waals surface area (Å²) in [5, 5.41) is 2.66. The number of halogens is 1. The Bertz CT molecular complexity index is 499. The molecule has 0 bridgehead atoms. The van der Waals surface area contributed by atoms with Crippen molar-refractivity contribution in [1.82, 2.24) is 10.3 Å². The Hall–Kier alpha value is -1.85. The fourth-order valence-electron chi connectivity index (χ4n) is 1.47. The van der Waals surface area contributed by atoms with Crippen molar-refractivity contribution in [3.8, 4) is 11.3 Å². The van der Waals surface area contributed by atoms with Gasteiger partial charge in [-0.2, -0.15) is 0 Å². The van der Waals surface area contributed by atoms with Gasteiger partial charge in [-0.05, 0) is 0 Å². The summed E-state index contributed by atoms with van der Waals surface area (Å²) in [5.41, 5.74) is 6.43. The minimum atomic E-state index is -0.275. The highest BCUT2D eigenvalue weighted by Crippen LogP contribution is 2.22. The summed E-state index contributed by atoms with van der Waals surface area (Å²) in [5.74, 6) is 0.197. The third kappa shape index (κ3) is 3.09. The van der Waals surface area contributed by atoms with E-state index in [1.165, 1.54) is 6.39 Å². The van der Waals surface area contributed by atoms with Crippen LogP contribution in [0.4, 0.5) is 0 Å². The first-order chi connectivity index (χ1) is 8.33. The second-order valence-corrected chi connectivity index (χ2v) is 3.44. The van der Waals surface area contributed by atoms with Crippen LogP contribution in [0.2, 0.25) is 0 Å². The van der Waals surface area contributed by atoms with Crippen molar-refractivity contribution in [3.63, 3.8) is 0 Å². The Kier molecular flexibility index (Phi) is 5.35. The minimum absolute atomic E-state index is 0. The van der Waals surface area contributed by atoms with Crippen molar-refractivity contribution < 1.29 is 9.21 Å². The molecule has 2 aromatic rings. The number of nitrogens with zero attached hydrogens (tertiary/aromatic N) is 1. The molecule has 96 valence electrons. The molecule has 1 heterocycles. The van der Waals surface area contributed by atoms with Crippen molar-refractivity contribution in [3.05, 3.63) is 42.4 Å².